The van der Waals surface area contributed by atoms with Crippen LogP contribution >= 0.6 is 7.82 Å². The fourth-order valence-corrected chi connectivity index (χ4v) is 12.0. The molecule has 0 aromatic carbocycles. The molecule has 3 N–H and O–H groups in total. The standard InChI is InChI=1S/C85H148NO8P/c1-3-5-7-9-11-13-15-17-19-21-23-25-27-29-31-33-35-37-38-39-40-41-42-43-44-46-47-49-51-53-55-57-59-61-63-65-67-69-71-73-75-77-84(87)91-81-83(82-93-95(89,90)92-80-79-86)94-85(88)78-76-74-72-70-68-66-64-62-60-58-56-54-52-50-48-45-36-34-32-30-28-26-24-22-20-18-16-14-12-10-8-6-4-2/h6,8,12,14-15,17-18,20-21,23-24,26-27,29-30,32,36,45,50,52,56,58,83H,3-5,7,9-11,13,16,19,22,25,28,31,33-35,37-44,46-49,51,53-55,57,59-82,86H2,1-2H3,(H,89,90)/b8-6-,14-12-,17-15-,20-18-,23-21-,26-24-,29-27-,32-30-,45-36-,52-50-,58-56-. The van der Waals surface area contributed by atoms with E-state index in [0.29, 0.717) is 6.42 Å². The summed E-state index contributed by atoms with van der Waals surface area (Å²) in [6, 6.07) is 0. The lowest BCUT2D eigenvalue weighted by Gasteiger charge is -2.19. The second-order valence-electron chi connectivity index (χ2n) is 26.2. The van der Waals surface area contributed by atoms with Gasteiger partial charge in [0, 0.05) is 19.4 Å². The molecule has 10 heteroatoms. The van der Waals surface area contributed by atoms with Gasteiger partial charge in [-0.1, -0.05) is 366 Å². The Morgan fingerprint density at radius 2 is 0.579 bits per heavy atom. The largest absolute Gasteiger partial charge is 0.472 e. The molecule has 9 nitrogen and oxygen atoms in total. The summed E-state index contributed by atoms with van der Waals surface area (Å²) in [6.07, 6.45) is 113. The number of esters is 2. The third kappa shape index (κ3) is 79.0. The van der Waals surface area contributed by atoms with E-state index < -0.39 is 26.5 Å². The normalized spacial score (nSPS) is 13.6. The smallest absolute Gasteiger partial charge is 0.462 e. The first kappa shape index (κ1) is 91.2. The van der Waals surface area contributed by atoms with Gasteiger partial charge in [-0.05, 0) is 116 Å². The van der Waals surface area contributed by atoms with E-state index in [4.69, 9.17) is 24.3 Å². The van der Waals surface area contributed by atoms with Gasteiger partial charge in [-0.2, -0.15) is 0 Å². The Labute approximate surface area is 586 Å². The zero-order valence-electron chi connectivity index (χ0n) is 61.6. The first-order valence-electron chi connectivity index (χ1n) is 39.7. The number of phosphoric acid groups is 1. The Bertz CT molecular complexity index is 2030. The van der Waals surface area contributed by atoms with Crippen molar-refractivity contribution in [1.29, 1.82) is 0 Å². The van der Waals surface area contributed by atoms with Crippen LogP contribution in [0.25, 0.3) is 0 Å². The van der Waals surface area contributed by atoms with E-state index >= 15 is 0 Å². The summed E-state index contributed by atoms with van der Waals surface area (Å²) in [5.74, 6) is -0.830. The second-order valence-corrected chi connectivity index (χ2v) is 27.7. The van der Waals surface area contributed by atoms with E-state index in [1.165, 1.54) is 218 Å². The first-order valence-corrected chi connectivity index (χ1v) is 41.2. The van der Waals surface area contributed by atoms with Crippen LogP contribution in [0.15, 0.2) is 134 Å². The maximum atomic E-state index is 12.8. The highest BCUT2D eigenvalue weighted by Gasteiger charge is 2.26. The molecule has 0 aromatic heterocycles. The zero-order valence-corrected chi connectivity index (χ0v) is 62.5. The lowest BCUT2D eigenvalue weighted by molar-refractivity contribution is -0.161. The van der Waals surface area contributed by atoms with Crippen LogP contribution in [0, 0.1) is 0 Å². The maximum absolute atomic E-state index is 12.8. The average molecular weight is 1340 g/mol. The maximum Gasteiger partial charge on any atom is 0.472 e. The highest BCUT2D eigenvalue weighted by molar-refractivity contribution is 7.47. The molecule has 0 aromatic rings. The molecule has 546 valence electrons. The minimum atomic E-state index is -4.41. The van der Waals surface area contributed by atoms with Crippen LogP contribution in [0.5, 0.6) is 0 Å². The summed E-state index contributed by atoms with van der Waals surface area (Å²) in [5.41, 5.74) is 5.41. The van der Waals surface area contributed by atoms with Crippen molar-refractivity contribution < 1.29 is 37.6 Å². The minimum Gasteiger partial charge on any atom is -0.462 e. The van der Waals surface area contributed by atoms with Crippen molar-refractivity contribution >= 4 is 19.8 Å². The van der Waals surface area contributed by atoms with Crippen LogP contribution in [0.1, 0.15) is 361 Å². The summed E-state index contributed by atoms with van der Waals surface area (Å²) in [4.78, 5) is 35.5. The van der Waals surface area contributed by atoms with E-state index in [-0.39, 0.29) is 38.6 Å². The summed E-state index contributed by atoms with van der Waals surface area (Å²) >= 11 is 0. The highest BCUT2D eigenvalue weighted by atomic mass is 31.2. The molecule has 0 radical (unpaired) electrons. The van der Waals surface area contributed by atoms with Gasteiger partial charge in [-0.3, -0.25) is 18.6 Å². The van der Waals surface area contributed by atoms with Gasteiger partial charge < -0.3 is 20.1 Å². The molecule has 0 heterocycles. The van der Waals surface area contributed by atoms with Crippen LogP contribution in [-0.2, 0) is 32.7 Å². The van der Waals surface area contributed by atoms with Gasteiger partial charge in [-0.15, -0.1) is 0 Å². The summed E-state index contributed by atoms with van der Waals surface area (Å²) in [7, 11) is -4.41. The lowest BCUT2D eigenvalue weighted by Crippen LogP contribution is -2.29. The molecule has 0 aliphatic rings. The van der Waals surface area contributed by atoms with Crippen LogP contribution in [0.3, 0.4) is 0 Å². The van der Waals surface area contributed by atoms with Crippen molar-refractivity contribution in [2.75, 3.05) is 26.4 Å². The average Bonchev–Trinajstić information content (AvgIpc) is 3.25. The van der Waals surface area contributed by atoms with E-state index in [2.05, 4.69) is 148 Å². The number of carbonyl (C=O) groups excluding carboxylic acids is 2. The molecule has 0 aliphatic heterocycles. The third-order valence-corrected chi connectivity index (χ3v) is 18.0. The third-order valence-electron chi connectivity index (χ3n) is 17.0. The van der Waals surface area contributed by atoms with Gasteiger partial charge in [0.15, 0.2) is 6.10 Å². The molecular formula is C85H148NO8P. The summed E-state index contributed by atoms with van der Waals surface area (Å²) < 4.78 is 33.2. The number of nitrogens with two attached hydrogens (primary N) is 1. The van der Waals surface area contributed by atoms with Gasteiger partial charge >= 0.3 is 19.8 Å². The first-order chi connectivity index (χ1) is 46.8. The molecule has 0 amide bonds. The van der Waals surface area contributed by atoms with Crippen LogP contribution in [-0.4, -0.2) is 49.3 Å². The quantitative estimate of drug-likeness (QED) is 0.0264. The van der Waals surface area contributed by atoms with Gasteiger partial charge in [0.1, 0.15) is 6.61 Å². The van der Waals surface area contributed by atoms with Gasteiger partial charge in [0.25, 0.3) is 0 Å². The number of allylic oxidation sites excluding steroid dienone is 22. The fraction of sp³-hybridized carbons (Fsp3) is 0.718. The predicted octanol–water partition coefficient (Wildman–Crippen LogP) is 26.8. The number of ether oxygens (including phenoxy) is 2. The van der Waals surface area contributed by atoms with Crippen molar-refractivity contribution in [3.8, 4) is 0 Å². The van der Waals surface area contributed by atoms with E-state index in [9.17, 15) is 19.0 Å². The van der Waals surface area contributed by atoms with Crippen molar-refractivity contribution in [1.82, 2.24) is 0 Å². The molecule has 0 bridgehead atoms. The van der Waals surface area contributed by atoms with Gasteiger partial charge in [0.05, 0.1) is 13.2 Å². The van der Waals surface area contributed by atoms with Crippen molar-refractivity contribution in [3.63, 3.8) is 0 Å². The number of hydrogen-bond donors (Lipinski definition) is 2. The minimum absolute atomic E-state index is 0.0476. The molecule has 2 atom stereocenters. The van der Waals surface area contributed by atoms with Gasteiger partial charge in [0.2, 0.25) is 0 Å². The van der Waals surface area contributed by atoms with Gasteiger partial charge in [-0.25, -0.2) is 4.57 Å². The number of carbonyl (C=O) groups is 2. The Morgan fingerprint density at radius 1 is 0.326 bits per heavy atom. The highest BCUT2D eigenvalue weighted by Crippen LogP contribution is 2.43. The number of phosphoric ester groups is 1. The van der Waals surface area contributed by atoms with Crippen LogP contribution < -0.4 is 5.73 Å². The number of rotatable bonds is 74. The second kappa shape index (κ2) is 79.1. The van der Waals surface area contributed by atoms with Crippen molar-refractivity contribution in [3.05, 3.63) is 134 Å². The Kier molecular flexibility index (Phi) is 75.9. The predicted molar refractivity (Wildman–Crippen MR) is 413 cm³/mol. The molecule has 0 spiro atoms. The molecule has 95 heavy (non-hydrogen) atoms. The molecular weight excluding hydrogens is 1190 g/mol. The Morgan fingerprint density at radius 3 is 0.863 bits per heavy atom. The van der Waals surface area contributed by atoms with Crippen molar-refractivity contribution in [2.24, 2.45) is 5.73 Å². The topological polar surface area (TPSA) is 134 Å². The van der Waals surface area contributed by atoms with Crippen LogP contribution in [0.2, 0.25) is 0 Å². The lowest BCUT2D eigenvalue weighted by atomic mass is 10.0. The molecule has 0 aliphatic carbocycles. The summed E-state index contributed by atoms with van der Waals surface area (Å²) in [6.45, 7) is 3.64. The monoisotopic (exact) mass is 1340 g/mol. The van der Waals surface area contributed by atoms with E-state index in [0.717, 1.165) is 109 Å². The Hall–Kier alpha value is -3.85. The molecule has 0 fully saturated rings. The zero-order chi connectivity index (χ0) is 68.6. The molecule has 2 unspecified atom stereocenters. The van der Waals surface area contributed by atoms with E-state index in [1.807, 2.05) is 0 Å². The SMILES string of the molecule is CC/C=C\C/C=C\C/C=C\C/C=C\C/C=C\C/C=C\C/C=C\C/C=C\CCCCCCCCCCC(=O)OC(COC(=O)CCCCCCCCCCCCCCCCCCCCCCCCCCCC/C=C\C/C=C\C/C=C\CCCCCCC)COP(=O)(O)OCCN. The van der Waals surface area contributed by atoms with E-state index in [1.54, 1.807) is 0 Å². The molecule has 0 saturated carbocycles. The number of hydrogen-bond acceptors (Lipinski definition) is 8. The fourth-order valence-electron chi connectivity index (χ4n) is 11.2. The Balaban J connectivity index is 3.83. The molecule has 0 rings (SSSR count). The summed E-state index contributed by atoms with van der Waals surface area (Å²) in [5, 5.41) is 0. The molecule has 0 saturated heterocycles. The van der Waals surface area contributed by atoms with Crippen LogP contribution in [0.4, 0.5) is 0 Å². The van der Waals surface area contributed by atoms with Crippen molar-refractivity contribution in [2.45, 2.75) is 367 Å². The number of unbranched alkanes of at least 4 members (excludes halogenated alkanes) is 39.